The second-order valence-electron chi connectivity index (χ2n) is 0. The maximum atomic E-state index is 4.81. The summed E-state index contributed by atoms with van der Waals surface area (Å²) >= 11 is 0.639. The predicted molar refractivity (Wildman–Crippen MR) is 21.8 cm³/mol. The van der Waals surface area contributed by atoms with Crippen LogP contribution in [0.2, 0.25) is 0 Å². The molecule has 0 aliphatic carbocycles. The van der Waals surface area contributed by atoms with E-state index in [0.29, 0.717) is 24.5 Å². The third kappa shape index (κ3) is 44.9. The van der Waals surface area contributed by atoms with E-state index in [2.05, 4.69) is 5.73 Å². The number of hydrogen-bond donors (Lipinski definition) is 1. The van der Waals surface area contributed by atoms with Crippen LogP contribution in [0.5, 0.6) is 0 Å². The van der Waals surface area contributed by atoms with Crippen molar-refractivity contribution < 1.29 is 77.7 Å². The molecule has 0 saturated heterocycles. The Bertz CT molecular complexity index is 14.9. The van der Waals surface area contributed by atoms with Gasteiger partial charge in [-0.25, -0.2) is 0 Å². The van der Waals surface area contributed by atoms with Gasteiger partial charge in [0.15, 0.2) is 0 Å². The van der Waals surface area contributed by atoms with Gasteiger partial charge in [0.1, 0.15) is 0 Å². The first kappa shape index (κ1) is 31.6. The zero-order valence-electron chi connectivity index (χ0n) is 3.80. The van der Waals surface area contributed by atoms with Crippen LogP contribution < -0.4 is 77.7 Å². The van der Waals surface area contributed by atoms with Gasteiger partial charge in [-0.1, -0.05) is 0 Å². The summed E-state index contributed by atoms with van der Waals surface area (Å²) in [7, 11) is 6.56. The molecule has 6 heteroatoms. The Labute approximate surface area is 115 Å². The van der Waals surface area contributed by atoms with Crippen LogP contribution in [0.4, 0.5) is 0 Å². The van der Waals surface area contributed by atoms with Crippen LogP contribution in [0.3, 0.4) is 0 Å². The van der Waals surface area contributed by atoms with Crippen molar-refractivity contribution in [3.8, 4) is 0 Å². The fourth-order valence-corrected chi connectivity index (χ4v) is 0. The third-order valence-electron chi connectivity index (χ3n) is 0. The second kappa shape index (κ2) is 57.9. The Hall–Kier alpha value is 3.36. The molecule has 0 aliphatic heterocycles. The van der Waals surface area contributed by atoms with Crippen molar-refractivity contribution in [1.82, 2.24) is 0 Å². The van der Waals surface area contributed by atoms with E-state index in [-0.39, 0.29) is 71.9 Å². The standard InChI is InChI=1S/CH5N.ClH.3HI.Pb.H/c1-2;;;;;;/h2H2,1H3;4*1H;;/q;;;;;+3;/p-3. The van der Waals surface area contributed by atoms with E-state index in [9.17, 15) is 0 Å². The van der Waals surface area contributed by atoms with Crippen LogP contribution in [-0.2, 0) is 0 Å². The minimum atomic E-state index is 0. The fourth-order valence-electron chi connectivity index (χ4n) is 0. The molecule has 1 nitrogen and oxygen atoms in total. The van der Waals surface area contributed by atoms with E-state index in [0.717, 1.165) is 0 Å². The molecule has 0 aliphatic rings. The first-order valence-electron chi connectivity index (χ1n) is 0.925. The summed E-state index contributed by atoms with van der Waals surface area (Å²) in [6.07, 6.45) is 0. The monoisotopic (exact) mass is 657 g/mol. The molecule has 0 saturated carbocycles. The van der Waals surface area contributed by atoms with Crippen molar-refractivity contribution in [1.29, 1.82) is 0 Å². The molecule has 0 rings (SSSR count). The van der Waals surface area contributed by atoms with Crippen molar-refractivity contribution in [2.75, 3.05) is 7.05 Å². The second-order valence-corrected chi connectivity index (χ2v) is 0. The molecule has 0 atom stereocenters. The number of hydrogen-bond acceptors (Lipinski definition) is 0. The molecule has 3 N–H and O–H groups in total. The molecule has 0 aromatic carbocycles. The van der Waals surface area contributed by atoms with Gasteiger partial charge in [0, 0.05) is 0 Å². The molecule has 0 amide bonds. The molecule has 0 fully saturated rings. The van der Waals surface area contributed by atoms with Gasteiger partial charge in [-0.3, -0.25) is 0 Å². The van der Waals surface area contributed by atoms with E-state index in [1.165, 1.54) is 0 Å². The van der Waals surface area contributed by atoms with Crippen molar-refractivity contribution in [2.45, 2.75) is 0 Å². The van der Waals surface area contributed by atoms with Crippen molar-refractivity contribution >= 4 is 32.9 Å². The third-order valence-corrected chi connectivity index (χ3v) is 0. The van der Waals surface area contributed by atoms with Crippen LogP contribution in [-0.4, -0.2) is 31.6 Å². The van der Waals surface area contributed by atoms with Crippen molar-refractivity contribution in [3.05, 3.63) is 0 Å². The molecular formula is CH7ClI3NPb. The molecule has 0 unspecified atom stereocenters. The average molecular weight is 656 g/mol. The minimum absolute atomic E-state index is 0. The van der Waals surface area contributed by atoms with Crippen molar-refractivity contribution in [2.24, 2.45) is 0 Å². The summed E-state index contributed by atoms with van der Waals surface area (Å²) in [6, 6.07) is 0. The molecule has 48 valence electrons. The Morgan fingerprint density at radius 1 is 1.00 bits per heavy atom. The van der Waals surface area contributed by atoms with E-state index >= 15 is 0 Å². The summed E-state index contributed by atoms with van der Waals surface area (Å²) < 4.78 is 0. The first-order valence-corrected chi connectivity index (χ1v) is 6.45. The smallest absolute Gasteiger partial charge is 1.00 e. The zero-order valence-corrected chi connectivity index (χ0v) is 15.5. The van der Waals surface area contributed by atoms with Gasteiger partial charge in [0.05, 0.1) is 7.05 Å². The minimum Gasteiger partial charge on any atom is -1.00 e. The Kier molecular flexibility index (Phi) is 261. The van der Waals surface area contributed by atoms with Crippen LogP contribution in [0.25, 0.3) is 0 Å². The molecule has 7 heavy (non-hydrogen) atoms. The molecular weight excluding hydrogens is 649 g/mol. The largest absolute Gasteiger partial charge is 1.00 e. The topological polar surface area (TPSA) is 27.6 Å². The Morgan fingerprint density at radius 2 is 1.00 bits per heavy atom. The van der Waals surface area contributed by atoms with E-state index in [4.69, 9.17) is 8.32 Å². The van der Waals surface area contributed by atoms with E-state index in [1.54, 1.807) is 7.05 Å². The maximum absolute atomic E-state index is 4.81. The summed E-state index contributed by atoms with van der Waals surface area (Å²) in [5, 5.41) is 0. The molecule has 0 heterocycles. The first-order chi connectivity index (χ1) is 2.00. The number of halogens is 4. The Morgan fingerprint density at radius 3 is 1.00 bits per heavy atom. The van der Waals surface area contributed by atoms with Gasteiger partial charge in [-0.15, -0.1) is 0 Å². The summed E-state index contributed by atoms with van der Waals surface area (Å²) in [5.74, 6) is 0. The Balaban J connectivity index is -0.00000000267. The molecule has 0 aromatic heterocycles. The molecule has 0 bridgehead atoms. The number of rotatable bonds is 0. The van der Waals surface area contributed by atoms with Gasteiger partial charge in [-0.05, 0) is 0 Å². The van der Waals surface area contributed by atoms with Crippen LogP contribution in [0.15, 0.2) is 0 Å². The quantitative estimate of drug-likeness (QED) is 0.199. The van der Waals surface area contributed by atoms with Gasteiger partial charge >= 0.3 is 32.9 Å². The van der Waals surface area contributed by atoms with E-state index < -0.39 is 0 Å². The summed E-state index contributed by atoms with van der Waals surface area (Å²) in [6.45, 7) is 0. The van der Waals surface area contributed by atoms with Gasteiger partial charge in [0.25, 0.3) is 0 Å². The van der Waals surface area contributed by atoms with Gasteiger partial charge in [-0.2, -0.15) is 0 Å². The number of quaternary nitrogens is 1. The van der Waals surface area contributed by atoms with Gasteiger partial charge in [0.2, 0.25) is 0 Å². The zero-order chi connectivity index (χ0) is 4.00. The SMILES string of the molecule is C[NH3+].[Cl][PbH+2].[I-].[I-].[I-]. The summed E-state index contributed by atoms with van der Waals surface area (Å²) in [5.41, 5.74) is 3.25. The maximum Gasteiger partial charge on any atom is -1.00 e. The van der Waals surface area contributed by atoms with Crippen LogP contribution in [0, 0.1) is 0 Å². The van der Waals surface area contributed by atoms with Gasteiger partial charge < -0.3 is 77.7 Å². The van der Waals surface area contributed by atoms with E-state index in [1.807, 2.05) is 0 Å². The summed E-state index contributed by atoms with van der Waals surface area (Å²) in [4.78, 5) is 0. The van der Waals surface area contributed by atoms with Crippen molar-refractivity contribution in [3.63, 3.8) is 0 Å². The predicted octanol–water partition coefficient (Wildman–Crippen LogP) is -10.1. The molecule has 0 radical (unpaired) electrons. The molecule has 0 spiro atoms. The normalized spacial score (nSPS) is 1.43. The average Bonchev–Trinajstić information content (AvgIpc) is 1.50. The van der Waals surface area contributed by atoms with Crippen LogP contribution in [0.1, 0.15) is 0 Å². The fraction of sp³-hybridized carbons (Fsp3) is 1.00. The molecule has 0 aromatic rings. The van der Waals surface area contributed by atoms with Crippen LogP contribution >= 0.6 is 8.32 Å².